The van der Waals surface area contributed by atoms with Crippen LogP contribution in [0.5, 0.6) is 0 Å². The van der Waals surface area contributed by atoms with E-state index in [1.54, 1.807) is 0 Å². The number of anilines is 1. The van der Waals surface area contributed by atoms with Crippen LogP contribution in [0.4, 0.5) is 5.69 Å². The molecule has 0 aromatic heterocycles. The van der Waals surface area contributed by atoms with Gasteiger partial charge in [0.1, 0.15) is 6.21 Å². The minimum atomic E-state index is -0.444. The standard InChI is InChI=1S/C11H14N2O2/c1-7-4-10(5-8(2)9(7)3)13-11(14)6-12-15/h4-6,15H,1-3H3,(H,13,14)/b12-6+. The smallest absolute Gasteiger partial charge is 0.270 e. The average Bonchev–Trinajstić information content (AvgIpc) is 2.14. The molecule has 4 heteroatoms. The lowest BCUT2D eigenvalue weighted by molar-refractivity contribution is -0.110. The lowest BCUT2D eigenvalue weighted by Gasteiger charge is -2.08. The number of carbonyl (C=O) groups is 1. The zero-order chi connectivity index (χ0) is 11.4. The molecule has 1 amide bonds. The highest BCUT2D eigenvalue weighted by Gasteiger charge is 2.03. The second-order valence-electron chi connectivity index (χ2n) is 3.47. The third-order valence-corrected chi connectivity index (χ3v) is 2.37. The molecule has 0 saturated carbocycles. The molecule has 0 spiro atoms. The fourth-order valence-corrected chi connectivity index (χ4v) is 1.33. The van der Waals surface area contributed by atoms with Crippen LogP contribution < -0.4 is 5.32 Å². The second kappa shape index (κ2) is 4.59. The lowest BCUT2D eigenvalue weighted by Crippen LogP contribution is -2.12. The average molecular weight is 206 g/mol. The summed E-state index contributed by atoms with van der Waals surface area (Å²) < 4.78 is 0. The topological polar surface area (TPSA) is 61.7 Å². The number of aryl methyl sites for hydroxylation is 2. The van der Waals surface area contributed by atoms with Crippen LogP contribution in [-0.4, -0.2) is 17.3 Å². The summed E-state index contributed by atoms with van der Waals surface area (Å²) in [5, 5.41) is 13.4. The number of hydrogen-bond acceptors (Lipinski definition) is 3. The Morgan fingerprint density at radius 1 is 1.33 bits per heavy atom. The van der Waals surface area contributed by atoms with Gasteiger partial charge in [0, 0.05) is 5.69 Å². The van der Waals surface area contributed by atoms with E-state index in [-0.39, 0.29) is 0 Å². The first kappa shape index (κ1) is 11.2. The largest absolute Gasteiger partial charge is 0.411 e. The van der Waals surface area contributed by atoms with Crippen LogP contribution in [0.3, 0.4) is 0 Å². The Labute approximate surface area is 88.6 Å². The van der Waals surface area contributed by atoms with Gasteiger partial charge in [0.2, 0.25) is 0 Å². The molecule has 1 aromatic carbocycles. The fraction of sp³-hybridized carbons (Fsp3) is 0.273. The molecule has 1 rings (SSSR count). The second-order valence-corrected chi connectivity index (χ2v) is 3.47. The third-order valence-electron chi connectivity index (χ3n) is 2.37. The van der Waals surface area contributed by atoms with Gasteiger partial charge < -0.3 is 10.5 Å². The molecular formula is C11H14N2O2. The molecule has 0 atom stereocenters. The van der Waals surface area contributed by atoms with Crippen molar-refractivity contribution in [3.63, 3.8) is 0 Å². The maximum absolute atomic E-state index is 11.1. The quantitative estimate of drug-likeness (QED) is 0.441. The van der Waals surface area contributed by atoms with E-state index >= 15 is 0 Å². The van der Waals surface area contributed by atoms with Crippen molar-refractivity contribution in [1.29, 1.82) is 0 Å². The van der Waals surface area contributed by atoms with E-state index in [1.807, 2.05) is 32.9 Å². The zero-order valence-electron chi connectivity index (χ0n) is 9.03. The van der Waals surface area contributed by atoms with E-state index in [9.17, 15) is 4.79 Å². The zero-order valence-corrected chi connectivity index (χ0v) is 9.03. The summed E-state index contributed by atoms with van der Waals surface area (Å²) in [6, 6.07) is 3.76. The predicted molar refractivity (Wildman–Crippen MR) is 59.6 cm³/mol. The van der Waals surface area contributed by atoms with Crippen LogP contribution in [0.2, 0.25) is 0 Å². The molecule has 0 saturated heterocycles. The van der Waals surface area contributed by atoms with Crippen LogP contribution in [0.15, 0.2) is 17.3 Å². The summed E-state index contributed by atoms with van der Waals surface area (Å²) in [6.45, 7) is 6.00. The SMILES string of the molecule is Cc1cc(NC(=O)/C=N/O)cc(C)c1C. The number of carbonyl (C=O) groups excluding carboxylic acids is 1. The van der Waals surface area contributed by atoms with Gasteiger partial charge in [-0.15, -0.1) is 0 Å². The van der Waals surface area contributed by atoms with Crippen molar-refractivity contribution in [3.05, 3.63) is 28.8 Å². The number of nitrogens with zero attached hydrogens (tertiary/aromatic N) is 1. The molecule has 15 heavy (non-hydrogen) atoms. The molecule has 0 radical (unpaired) electrons. The minimum Gasteiger partial charge on any atom is -0.411 e. The highest BCUT2D eigenvalue weighted by molar-refractivity contribution is 6.31. The molecule has 0 fully saturated rings. The van der Waals surface area contributed by atoms with Crippen molar-refractivity contribution in [2.24, 2.45) is 5.16 Å². The normalized spacial score (nSPS) is 10.6. The van der Waals surface area contributed by atoms with Crippen molar-refractivity contribution in [2.75, 3.05) is 5.32 Å². The highest BCUT2D eigenvalue weighted by atomic mass is 16.4. The number of hydrogen-bond donors (Lipinski definition) is 2. The molecule has 0 unspecified atom stereocenters. The van der Waals surface area contributed by atoms with Crippen LogP contribution in [0, 0.1) is 20.8 Å². The maximum Gasteiger partial charge on any atom is 0.270 e. The first-order valence-corrected chi connectivity index (χ1v) is 4.61. The lowest BCUT2D eigenvalue weighted by atomic mass is 10.0. The maximum atomic E-state index is 11.1. The predicted octanol–water partition coefficient (Wildman–Crippen LogP) is 2.01. The molecule has 2 N–H and O–H groups in total. The van der Waals surface area contributed by atoms with Crippen LogP contribution in [0.25, 0.3) is 0 Å². The first-order chi connectivity index (χ1) is 7.04. The van der Waals surface area contributed by atoms with Crippen molar-refractivity contribution < 1.29 is 10.0 Å². The van der Waals surface area contributed by atoms with Gasteiger partial charge in [0.25, 0.3) is 5.91 Å². The van der Waals surface area contributed by atoms with Crippen LogP contribution in [-0.2, 0) is 4.79 Å². The van der Waals surface area contributed by atoms with E-state index in [0.717, 1.165) is 17.3 Å². The number of nitrogens with one attached hydrogen (secondary N) is 1. The van der Waals surface area contributed by atoms with Gasteiger partial charge in [-0.05, 0) is 49.6 Å². The number of benzene rings is 1. The van der Waals surface area contributed by atoms with E-state index in [4.69, 9.17) is 5.21 Å². The van der Waals surface area contributed by atoms with Gasteiger partial charge in [-0.3, -0.25) is 4.79 Å². The molecule has 80 valence electrons. The number of rotatable bonds is 2. The van der Waals surface area contributed by atoms with Crippen LogP contribution in [0.1, 0.15) is 16.7 Å². The highest BCUT2D eigenvalue weighted by Crippen LogP contribution is 2.18. The summed E-state index contributed by atoms with van der Waals surface area (Å²) in [5.74, 6) is -0.444. The Morgan fingerprint density at radius 2 is 1.87 bits per heavy atom. The van der Waals surface area contributed by atoms with Gasteiger partial charge in [-0.25, -0.2) is 0 Å². The van der Waals surface area contributed by atoms with E-state index < -0.39 is 5.91 Å². The summed E-state index contributed by atoms with van der Waals surface area (Å²) in [4.78, 5) is 11.1. The van der Waals surface area contributed by atoms with Gasteiger partial charge in [-0.1, -0.05) is 5.16 Å². The summed E-state index contributed by atoms with van der Waals surface area (Å²) in [5.41, 5.74) is 4.15. The third kappa shape index (κ3) is 2.80. The molecular weight excluding hydrogens is 192 g/mol. The van der Waals surface area contributed by atoms with E-state index in [1.165, 1.54) is 5.56 Å². The van der Waals surface area contributed by atoms with Gasteiger partial charge in [0.15, 0.2) is 0 Å². The molecule has 1 aromatic rings. The monoisotopic (exact) mass is 206 g/mol. The molecule has 0 bridgehead atoms. The molecule has 0 heterocycles. The Balaban J connectivity index is 2.92. The van der Waals surface area contributed by atoms with Gasteiger partial charge >= 0.3 is 0 Å². The summed E-state index contributed by atoms with van der Waals surface area (Å²) in [6.07, 6.45) is 0.824. The Morgan fingerprint density at radius 3 is 2.33 bits per heavy atom. The first-order valence-electron chi connectivity index (χ1n) is 4.61. The van der Waals surface area contributed by atoms with Crippen molar-refractivity contribution >= 4 is 17.8 Å². The summed E-state index contributed by atoms with van der Waals surface area (Å²) >= 11 is 0. The number of amides is 1. The Kier molecular flexibility index (Phi) is 3.44. The Hall–Kier alpha value is -1.84. The van der Waals surface area contributed by atoms with Crippen molar-refractivity contribution in [2.45, 2.75) is 20.8 Å². The molecule has 4 nitrogen and oxygen atoms in total. The van der Waals surface area contributed by atoms with E-state index in [0.29, 0.717) is 5.69 Å². The number of oxime groups is 1. The fourth-order valence-electron chi connectivity index (χ4n) is 1.33. The van der Waals surface area contributed by atoms with Gasteiger partial charge in [-0.2, -0.15) is 0 Å². The molecule has 0 aliphatic heterocycles. The molecule has 0 aliphatic carbocycles. The Bertz CT molecular complexity index is 388. The van der Waals surface area contributed by atoms with E-state index in [2.05, 4.69) is 10.5 Å². The van der Waals surface area contributed by atoms with Gasteiger partial charge in [0.05, 0.1) is 0 Å². The molecule has 0 aliphatic rings. The van der Waals surface area contributed by atoms with Crippen molar-refractivity contribution in [3.8, 4) is 0 Å². The van der Waals surface area contributed by atoms with Crippen molar-refractivity contribution in [1.82, 2.24) is 0 Å². The van der Waals surface area contributed by atoms with Crippen LogP contribution >= 0.6 is 0 Å². The minimum absolute atomic E-state index is 0.444. The summed E-state index contributed by atoms with van der Waals surface area (Å²) in [7, 11) is 0.